The fraction of sp³-hybridized carbons (Fsp3) is 0.200. The van der Waals surface area contributed by atoms with Gasteiger partial charge in [-0.1, -0.05) is 12.1 Å². The first-order chi connectivity index (χ1) is 17.0. The molecule has 0 saturated heterocycles. The molecule has 0 bridgehead atoms. The van der Waals surface area contributed by atoms with E-state index in [2.05, 4.69) is 31.0 Å². The van der Waals surface area contributed by atoms with Gasteiger partial charge in [0.05, 0.1) is 23.3 Å². The Labute approximate surface area is 201 Å². The Balaban J connectivity index is 1.39. The number of carbonyl (C=O) groups is 1. The maximum absolute atomic E-state index is 13.1. The molecule has 0 saturated carbocycles. The summed E-state index contributed by atoms with van der Waals surface area (Å²) in [6, 6.07) is 11.0. The lowest BCUT2D eigenvalue weighted by molar-refractivity contribution is 0.102. The number of nitrogens with zero attached hydrogens (tertiary/aromatic N) is 3. The minimum Gasteiger partial charge on any atom is -0.474 e. The molecular weight excluding hydrogens is 446 g/mol. The van der Waals surface area contributed by atoms with E-state index in [0.717, 1.165) is 29.1 Å². The number of anilines is 4. The summed E-state index contributed by atoms with van der Waals surface area (Å²) in [6.45, 7) is 5.93. The van der Waals surface area contributed by atoms with Crippen LogP contribution in [0.15, 0.2) is 59.8 Å². The van der Waals surface area contributed by atoms with Gasteiger partial charge in [-0.05, 0) is 43.7 Å². The zero-order valence-corrected chi connectivity index (χ0v) is 19.4. The number of nitrogens with one attached hydrogen (secondary N) is 4. The largest absolute Gasteiger partial charge is 0.474 e. The maximum atomic E-state index is 13.1. The molecule has 0 radical (unpaired) electrons. The van der Waals surface area contributed by atoms with E-state index in [1.54, 1.807) is 30.6 Å². The first-order valence-electron chi connectivity index (χ1n) is 11.3. The molecule has 4 heterocycles. The van der Waals surface area contributed by atoms with Crippen LogP contribution in [0, 0.1) is 6.92 Å². The van der Waals surface area contributed by atoms with Gasteiger partial charge in [0.1, 0.15) is 17.9 Å². The molecule has 5 rings (SSSR count). The number of aromatic amines is 1. The summed E-state index contributed by atoms with van der Waals surface area (Å²) in [4.78, 5) is 32.7. The quantitative estimate of drug-likeness (QED) is 0.337. The number of hydrogen-bond donors (Lipinski definition) is 4. The van der Waals surface area contributed by atoms with Crippen LogP contribution in [0.5, 0.6) is 5.88 Å². The predicted molar refractivity (Wildman–Crippen MR) is 135 cm³/mol. The number of H-pyrrole nitrogens is 1. The molecule has 0 unspecified atom stereocenters. The number of pyridine rings is 2. The first kappa shape index (κ1) is 22.2. The summed E-state index contributed by atoms with van der Waals surface area (Å²) in [5.41, 5.74) is 4.73. The maximum Gasteiger partial charge on any atom is 0.263 e. The van der Waals surface area contributed by atoms with Crippen LogP contribution in [0.2, 0.25) is 0 Å². The molecular formula is C25H25N7O3. The first-order valence-corrected chi connectivity index (χ1v) is 11.3. The third kappa shape index (κ3) is 4.33. The molecule has 1 aliphatic rings. The average molecular weight is 472 g/mol. The van der Waals surface area contributed by atoms with Gasteiger partial charge in [0, 0.05) is 36.7 Å². The smallest absolute Gasteiger partial charge is 0.263 e. The van der Waals surface area contributed by atoms with Crippen molar-refractivity contribution in [3.63, 3.8) is 0 Å². The van der Waals surface area contributed by atoms with Crippen LogP contribution in [0.4, 0.5) is 22.7 Å². The summed E-state index contributed by atoms with van der Waals surface area (Å²) < 4.78 is 7.47. The lowest BCUT2D eigenvalue weighted by Gasteiger charge is -2.22. The summed E-state index contributed by atoms with van der Waals surface area (Å²) in [6.07, 6.45) is 4.88. The van der Waals surface area contributed by atoms with E-state index in [-0.39, 0.29) is 5.56 Å². The van der Waals surface area contributed by atoms with Crippen molar-refractivity contribution in [2.75, 3.05) is 29.1 Å². The van der Waals surface area contributed by atoms with Crippen LogP contribution >= 0.6 is 0 Å². The highest BCUT2D eigenvalue weighted by Crippen LogP contribution is 2.34. The number of aryl methyl sites for hydroxylation is 1. The molecule has 10 nitrogen and oxygen atoms in total. The molecule has 0 spiro atoms. The van der Waals surface area contributed by atoms with E-state index in [0.29, 0.717) is 36.1 Å². The second-order valence-electron chi connectivity index (χ2n) is 8.04. The van der Waals surface area contributed by atoms with Gasteiger partial charge in [-0.15, -0.1) is 0 Å². The van der Waals surface area contributed by atoms with Crippen molar-refractivity contribution in [3.05, 3.63) is 76.5 Å². The van der Waals surface area contributed by atoms with Crippen LogP contribution in [0.1, 0.15) is 22.8 Å². The number of benzene rings is 1. The fourth-order valence-corrected chi connectivity index (χ4v) is 4.05. The minimum absolute atomic E-state index is 0.0260. The molecule has 0 aliphatic carbocycles. The number of rotatable bonds is 6. The number of fused-ring (bicyclic) bond motifs is 1. The van der Waals surface area contributed by atoms with E-state index in [9.17, 15) is 9.59 Å². The highest BCUT2D eigenvalue weighted by molar-refractivity contribution is 6.08. The van der Waals surface area contributed by atoms with Crippen molar-refractivity contribution < 1.29 is 9.53 Å². The molecule has 3 aromatic heterocycles. The van der Waals surface area contributed by atoms with Crippen molar-refractivity contribution >= 4 is 28.7 Å². The number of hydrogen-bond acceptors (Lipinski definition) is 7. The van der Waals surface area contributed by atoms with Crippen LogP contribution in [0.3, 0.4) is 0 Å². The standard InChI is InChI=1S/C25H25N7O3/c1-3-32-20(9-11-29-32)16-4-6-17(7-5-16)30-24(34)21-18(8-10-27-23(21)33)31-19-14-28-25-22(15(19)2)26-12-13-35-25/h4-11,14,26H,3,12-13H2,1-2H3,(H,30,34)(H2,27,31,33). The highest BCUT2D eigenvalue weighted by atomic mass is 16.5. The summed E-state index contributed by atoms with van der Waals surface area (Å²) >= 11 is 0. The van der Waals surface area contributed by atoms with Gasteiger partial charge < -0.3 is 25.7 Å². The zero-order valence-electron chi connectivity index (χ0n) is 19.4. The third-order valence-electron chi connectivity index (χ3n) is 5.86. The Morgan fingerprint density at radius 3 is 2.80 bits per heavy atom. The molecule has 4 N–H and O–H groups in total. The van der Waals surface area contributed by atoms with Gasteiger partial charge in [0.25, 0.3) is 11.5 Å². The molecule has 10 heteroatoms. The summed E-state index contributed by atoms with van der Waals surface area (Å²) in [5, 5.41) is 13.6. The molecule has 35 heavy (non-hydrogen) atoms. The topological polar surface area (TPSA) is 126 Å². The molecule has 178 valence electrons. The molecule has 0 fully saturated rings. The Kier molecular flexibility index (Phi) is 5.92. The lowest BCUT2D eigenvalue weighted by atomic mass is 10.1. The second-order valence-corrected chi connectivity index (χ2v) is 8.04. The SMILES string of the molecule is CCn1nccc1-c1ccc(NC(=O)c2c(Nc3cnc4c(c3C)NCCO4)cc[nH]c2=O)cc1. The summed E-state index contributed by atoms with van der Waals surface area (Å²) in [7, 11) is 0. The molecule has 1 aliphatic heterocycles. The minimum atomic E-state index is -0.522. The highest BCUT2D eigenvalue weighted by Gasteiger charge is 2.20. The Bertz CT molecular complexity index is 1440. The van der Waals surface area contributed by atoms with Gasteiger partial charge in [-0.25, -0.2) is 4.98 Å². The van der Waals surface area contributed by atoms with Crippen molar-refractivity contribution in [1.82, 2.24) is 19.7 Å². The van der Waals surface area contributed by atoms with E-state index in [1.807, 2.05) is 36.7 Å². The number of ether oxygens (including phenoxy) is 1. The van der Waals surface area contributed by atoms with Gasteiger partial charge >= 0.3 is 0 Å². The van der Waals surface area contributed by atoms with Gasteiger partial charge in [-0.3, -0.25) is 14.3 Å². The zero-order chi connectivity index (χ0) is 24.4. The van der Waals surface area contributed by atoms with Crippen molar-refractivity contribution in [2.24, 2.45) is 0 Å². The molecule has 1 amide bonds. The predicted octanol–water partition coefficient (Wildman–Crippen LogP) is 3.76. The van der Waals surface area contributed by atoms with Crippen LogP contribution in [0.25, 0.3) is 11.3 Å². The Morgan fingerprint density at radius 2 is 2.00 bits per heavy atom. The lowest BCUT2D eigenvalue weighted by Crippen LogP contribution is -2.25. The third-order valence-corrected chi connectivity index (χ3v) is 5.86. The average Bonchev–Trinajstić information content (AvgIpc) is 3.35. The Hall–Kier alpha value is -4.60. The van der Waals surface area contributed by atoms with E-state index in [1.165, 1.54) is 6.20 Å². The monoisotopic (exact) mass is 471 g/mol. The Morgan fingerprint density at radius 1 is 1.17 bits per heavy atom. The molecule has 1 aromatic carbocycles. The molecule has 4 aromatic rings. The fourth-order valence-electron chi connectivity index (χ4n) is 4.05. The second kappa shape index (κ2) is 9.34. The number of aromatic nitrogens is 4. The number of amides is 1. The van der Waals surface area contributed by atoms with Gasteiger partial charge in [-0.2, -0.15) is 5.10 Å². The van der Waals surface area contributed by atoms with Crippen LogP contribution < -0.4 is 26.2 Å². The van der Waals surface area contributed by atoms with Crippen LogP contribution in [-0.2, 0) is 6.54 Å². The van der Waals surface area contributed by atoms with Crippen LogP contribution in [-0.4, -0.2) is 38.8 Å². The van der Waals surface area contributed by atoms with Gasteiger partial charge in [0.15, 0.2) is 0 Å². The van der Waals surface area contributed by atoms with Crippen molar-refractivity contribution in [2.45, 2.75) is 20.4 Å². The number of carbonyl (C=O) groups excluding carboxylic acids is 1. The van der Waals surface area contributed by atoms with E-state index < -0.39 is 11.5 Å². The van der Waals surface area contributed by atoms with Gasteiger partial charge in [0.2, 0.25) is 5.88 Å². The van der Waals surface area contributed by atoms with E-state index in [4.69, 9.17) is 4.74 Å². The van der Waals surface area contributed by atoms with Crippen molar-refractivity contribution in [1.29, 1.82) is 0 Å². The normalized spacial score (nSPS) is 12.3. The molecule has 0 atom stereocenters. The van der Waals surface area contributed by atoms with Crippen molar-refractivity contribution in [3.8, 4) is 17.1 Å². The van der Waals surface area contributed by atoms with E-state index >= 15 is 0 Å². The summed E-state index contributed by atoms with van der Waals surface area (Å²) in [5.74, 6) is 0.0133.